The molecule has 0 unspecified atom stereocenters. The number of sulfone groups is 1. The van der Waals surface area contributed by atoms with Crippen molar-refractivity contribution in [2.24, 2.45) is 0 Å². The lowest BCUT2D eigenvalue weighted by Gasteiger charge is -2.33. The maximum atomic E-state index is 14.1. The van der Waals surface area contributed by atoms with Crippen LogP contribution in [0.1, 0.15) is 35.6 Å². The Kier molecular flexibility index (Phi) is 6.03. The number of nitrogens with one attached hydrogen (secondary N) is 1. The molecule has 0 fully saturated rings. The summed E-state index contributed by atoms with van der Waals surface area (Å²) in [5, 5.41) is 2.94. The summed E-state index contributed by atoms with van der Waals surface area (Å²) in [5.74, 6) is -1.03. The zero-order valence-electron chi connectivity index (χ0n) is 16.1. The number of carbonyl (C=O) groups is 1. The highest BCUT2D eigenvalue weighted by Crippen LogP contribution is 2.33. The fraction of sp³-hybridized carbons (Fsp3) is 0.381. The molecule has 0 saturated carbocycles. The Bertz CT molecular complexity index is 975. The number of carbonyl (C=O) groups excluding carboxylic acids is 1. The van der Waals surface area contributed by atoms with Gasteiger partial charge in [0.2, 0.25) is 5.91 Å². The Morgan fingerprint density at radius 2 is 2.00 bits per heavy atom. The van der Waals surface area contributed by atoms with Gasteiger partial charge in [-0.25, -0.2) is 12.8 Å². The van der Waals surface area contributed by atoms with Gasteiger partial charge in [0.15, 0.2) is 9.84 Å². The average Bonchev–Trinajstić information content (AvgIpc) is 2.66. The van der Waals surface area contributed by atoms with Crippen LogP contribution in [-0.4, -0.2) is 39.1 Å². The third kappa shape index (κ3) is 4.90. The van der Waals surface area contributed by atoms with Gasteiger partial charge in [-0.2, -0.15) is 0 Å². The summed E-state index contributed by atoms with van der Waals surface area (Å²) in [6.45, 7) is 0.0417. The first-order valence-electron chi connectivity index (χ1n) is 9.28. The highest BCUT2D eigenvalue weighted by atomic mass is 32.2. The van der Waals surface area contributed by atoms with Gasteiger partial charge in [0, 0.05) is 24.6 Å². The predicted octanol–water partition coefficient (Wildman–Crippen LogP) is 3.32. The SMILES string of the molecule is CN(C(=O)CNc1ccc(CS(C)(=O)=O)c(F)c1)[C@@H]1CCCc2ccccc21. The van der Waals surface area contributed by atoms with E-state index in [1.165, 1.54) is 23.3 Å². The lowest BCUT2D eigenvalue weighted by molar-refractivity contribution is -0.130. The molecule has 2 aromatic rings. The monoisotopic (exact) mass is 404 g/mol. The average molecular weight is 405 g/mol. The molecule has 150 valence electrons. The van der Waals surface area contributed by atoms with E-state index in [0.29, 0.717) is 5.69 Å². The molecular formula is C21H25FN2O3S. The molecule has 0 aromatic heterocycles. The molecule has 0 saturated heterocycles. The Morgan fingerprint density at radius 1 is 1.25 bits per heavy atom. The fourth-order valence-electron chi connectivity index (χ4n) is 3.66. The first kappa shape index (κ1) is 20.3. The molecule has 0 heterocycles. The molecule has 7 heteroatoms. The van der Waals surface area contributed by atoms with Gasteiger partial charge >= 0.3 is 0 Å². The zero-order valence-corrected chi connectivity index (χ0v) is 16.9. The minimum atomic E-state index is -3.31. The second-order valence-corrected chi connectivity index (χ2v) is 9.48. The lowest BCUT2D eigenvalue weighted by Crippen LogP contribution is -2.37. The minimum Gasteiger partial charge on any atom is -0.376 e. The molecule has 0 spiro atoms. The highest BCUT2D eigenvalue weighted by molar-refractivity contribution is 7.89. The van der Waals surface area contributed by atoms with Crippen molar-refractivity contribution >= 4 is 21.4 Å². The molecule has 2 aromatic carbocycles. The van der Waals surface area contributed by atoms with Crippen LogP contribution in [-0.2, 0) is 26.8 Å². The van der Waals surface area contributed by atoms with Gasteiger partial charge in [-0.1, -0.05) is 30.3 Å². The second-order valence-electron chi connectivity index (χ2n) is 7.34. The van der Waals surface area contributed by atoms with Crippen molar-refractivity contribution < 1.29 is 17.6 Å². The number of benzene rings is 2. The van der Waals surface area contributed by atoms with Crippen LogP contribution in [0, 0.1) is 5.82 Å². The normalized spacial score (nSPS) is 16.3. The van der Waals surface area contributed by atoms with Crippen LogP contribution in [0.2, 0.25) is 0 Å². The van der Waals surface area contributed by atoms with E-state index in [2.05, 4.69) is 17.4 Å². The first-order valence-corrected chi connectivity index (χ1v) is 11.3. The molecule has 0 radical (unpaired) electrons. The van der Waals surface area contributed by atoms with Gasteiger partial charge in [-0.3, -0.25) is 4.79 Å². The van der Waals surface area contributed by atoms with Crippen molar-refractivity contribution in [3.63, 3.8) is 0 Å². The van der Waals surface area contributed by atoms with Gasteiger partial charge < -0.3 is 10.2 Å². The number of aryl methyl sites for hydroxylation is 1. The van der Waals surface area contributed by atoms with Crippen molar-refractivity contribution in [1.29, 1.82) is 0 Å². The molecule has 5 nitrogen and oxygen atoms in total. The van der Waals surface area contributed by atoms with E-state index in [0.717, 1.165) is 25.5 Å². The van der Waals surface area contributed by atoms with E-state index in [9.17, 15) is 17.6 Å². The second kappa shape index (κ2) is 8.31. The molecule has 3 rings (SSSR count). The van der Waals surface area contributed by atoms with Crippen molar-refractivity contribution in [2.75, 3.05) is 25.2 Å². The van der Waals surface area contributed by atoms with Gasteiger partial charge in [0.05, 0.1) is 18.3 Å². The molecule has 0 aliphatic heterocycles. The first-order chi connectivity index (χ1) is 13.2. The van der Waals surface area contributed by atoms with Crippen LogP contribution >= 0.6 is 0 Å². The summed E-state index contributed by atoms with van der Waals surface area (Å²) in [6.07, 6.45) is 4.07. The highest BCUT2D eigenvalue weighted by Gasteiger charge is 2.26. The molecule has 1 aliphatic carbocycles. The van der Waals surface area contributed by atoms with Crippen molar-refractivity contribution in [3.8, 4) is 0 Å². The van der Waals surface area contributed by atoms with Crippen LogP contribution in [0.5, 0.6) is 0 Å². The third-order valence-electron chi connectivity index (χ3n) is 5.11. The third-order valence-corrected chi connectivity index (χ3v) is 5.95. The van der Waals surface area contributed by atoms with Crippen molar-refractivity contribution in [2.45, 2.75) is 31.1 Å². The number of anilines is 1. The van der Waals surface area contributed by atoms with E-state index >= 15 is 0 Å². The standard InChI is InChI=1S/C21H25FN2O3S/c1-24(20-9-5-7-15-6-3-4-8-18(15)20)21(25)13-23-17-11-10-16(19(22)12-17)14-28(2,26)27/h3-4,6,8,10-12,20,23H,5,7,9,13-14H2,1-2H3/t20-/m1/s1. The molecule has 1 amide bonds. The lowest BCUT2D eigenvalue weighted by atomic mass is 9.87. The van der Waals surface area contributed by atoms with E-state index in [4.69, 9.17) is 0 Å². The van der Waals surface area contributed by atoms with Gasteiger partial charge in [-0.05, 0) is 42.5 Å². The van der Waals surface area contributed by atoms with Crippen molar-refractivity contribution in [1.82, 2.24) is 4.90 Å². The van der Waals surface area contributed by atoms with Gasteiger partial charge in [0.1, 0.15) is 5.82 Å². The number of hydrogen-bond donors (Lipinski definition) is 1. The van der Waals surface area contributed by atoms with Gasteiger partial charge in [0.25, 0.3) is 0 Å². The smallest absolute Gasteiger partial charge is 0.242 e. The number of hydrogen-bond acceptors (Lipinski definition) is 4. The molecule has 1 atom stereocenters. The zero-order chi connectivity index (χ0) is 20.3. The molecule has 1 N–H and O–H groups in total. The van der Waals surface area contributed by atoms with E-state index < -0.39 is 15.7 Å². The van der Waals surface area contributed by atoms with Crippen LogP contribution in [0.15, 0.2) is 42.5 Å². The Labute approximate surface area is 165 Å². The molecule has 1 aliphatic rings. The number of nitrogens with zero attached hydrogens (tertiary/aromatic N) is 1. The van der Waals surface area contributed by atoms with Crippen molar-refractivity contribution in [3.05, 3.63) is 65.0 Å². The summed E-state index contributed by atoms with van der Waals surface area (Å²) in [7, 11) is -1.51. The number of likely N-dealkylation sites (N-methyl/N-ethyl adjacent to an activating group) is 1. The van der Waals surface area contributed by atoms with Gasteiger partial charge in [-0.15, -0.1) is 0 Å². The predicted molar refractivity (Wildman–Crippen MR) is 108 cm³/mol. The summed E-state index contributed by atoms with van der Waals surface area (Å²) < 4.78 is 36.8. The quantitative estimate of drug-likeness (QED) is 0.802. The van der Waals surface area contributed by atoms with Crippen LogP contribution < -0.4 is 5.32 Å². The topological polar surface area (TPSA) is 66.5 Å². The Balaban J connectivity index is 1.64. The van der Waals surface area contributed by atoms with E-state index in [1.54, 1.807) is 18.0 Å². The number of rotatable bonds is 6. The summed E-state index contributed by atoms with van der Waals surface area (Å²) in [5.41, 5.74) is 3.05. The number of fused-ring (bicyclic) bond motifs is 1. The summed E-state index contributed by atoms with van der Waals surface area (Å²) >= 11 is 0. The Morgan fingerprint density at radius 3 is 2.71 bits per heavy atom. The van der Waals surface area contributed by atoms with Crippen LogP contribution in [0.25, 0.3) is 0 Å². The summed E-state index contributed by atoms with van der Waals surface area (Å²) in [6, 6.07) is 12.5. The number of halogens is 1. The Hall–Kier alpha value is -2.41. The molecule has 0 bridgehead atoms. The molecular weight excluding hydrogens is 379 g/mol. The van der Waals surface area contributed by atoms with Crippen LogP contribution in [0.4, 0.5) is 10.1 Å². The minimum absolute atomic E-state index is 0.0417. The largest absolute Gasteiger partial charge is 0.376 e. The maximum Gasteiger partial charge on any atom is 0.242 e. The fourth-order valence-corrected chi connectivity index (χ4v) is 4.46. The van der Waals surface area contributed by atoms with E-state index in [-0.39, 0.29) is 29.8 Å². The van der Waals surface area contributed by atoms with E-state index in [1.807, 2.05) is 12.1 Å². The molecule has 28 heavy (non-hydrogen) atoms. The van der Waals surface area contributed by atoms with Crippen LogP contribution in [0.3, 0.4) is 0 Å². The number of amides is 1. The maximum absolute atomic E-state index is 14.1. The summed E-state index contributed by atoms with van der Waals surface area (Å²) in [4.78, 5) is 14.4.